The molecular formula is C12H15BrFN3Si. The van der Waals surface area contributed by atoms with Crippen LogP contribution in [0.4, 0.5) is 4.39 Å². The summed E-state index contributed by atoms with van der Waals surface area (Å²) in [5.74, 6) is -0.280. The van der Waals surface area contributed by atoms with Gasteiger partial charge < -0.3 is 0 Å². The van der Waals surface area contributed by atoms with E-state index in [1.165, 1.54) is 12.1 Å². The van der Waals surface area contributed by atoms with E-state index in [4.69, 9.17) is 0 Å². The van der Waals surface area contributed by atoms with Crippen LogP contribution in [-0.4, -0.2) is 23.1 Å². The third kappa shape index (κ3) is 2.40. The number of aromatic nitrogens is 3. The molecule has 0 atom stereocenters. The van der Waals surface area contributed by atoms with Gasteiger partial charge in [-0.3, -0.25) is 0 Å². The minimum atomic E-state index is -1.52. The molecule has 3 nitrogen and oxygen atoms in total. The molecule has 96 valence electrons. The zero-order valence-electron chi connectivity index (χ0n) is 10.8. The van der Waals surface area contributed by atoms with E-state index in [0.29, 0.717) is 5.69 Å². The number of nitrogens with zero attached hydrogens (tertiary/aromatic N) is 3. The second-order valence-electron chi connectivity index (χ2n) is 5.28. The third-order valence-electron chi connectivity index (χ3n) is 2.74. The lowest BCUT2D eigenvalue weighted by molar-refractivity contribution is 0.624. The van der Waals surface area contributed by atoms with Crippen molar-refractivity contribution in [2.75, 3.05) is 0 Å². The maximum atomic E-state index is 13.3. The molecule has 1 aromatic heterocycles. The van der Waals surface area contributed by atoms with Crippen molar-refractivity contribution >= 4 is 29.3 Å². The summed E-state index contributed by atoms with van der Waals surface area (Å²) in [5.41, 5.74) is 1.67. The molecule has 1 aromatic carbocycles. The maximum Gasteiger partial charge on any atom is 0.125 e. The first kappa shape index (κ1) is 13.4. The average molecular weight is 328 g/mol. The van der Waals surface area contributed by atoms with E-state index in [0.717, 1.165) is 15.5 Å². The summed E-state index contributed by atoms with van der Waals surface area (Å²) in [5, 5.41) is 9.48. The Labute approximate surface area is 115 Å². The molecule has 0 bridgehead atoms. The highest BCUT2D eigenvalue weighted by Gasteiger charge is 2.25. The van der Waals surface area contributed by atoms with E-state index in [1.54, 1.807) is 10.7 Å². The van der Waals surface area contributed by atoms with Crippen molar-refractivity contribution < 1.29 is 4.39 Å². The lowest BCUT2D eigenvalue weighted by Crippen LogP contribution is -2.40. The van der Waals surface area contributed by atoms with Crippen LogP contribution in [0.25, 0.3) is 5.69 Å². The van der Waals surface area contributed by atoms with Crippen molar-refractivity contribution in [3.05, 3.63) is 34.2 Å². The normalized spacial score (nSPS) is 11.9. The van der Waals surface area contributed by atoms with Crippen molar-refractivity contribution in [1.82, 2.24) is 15.0 Å². The van der Waals surface area contributed by atoms with Crippen LogP contribution < -0.4 is 5.32 Å². The van der Waals surface area contributed by atoms with Gasteiger partial charge in [0, 0.05) is 10.5 Å². The van der Waals surface area contributed by atoms with Gasteiger partial charge >= 0.3 is 0 Å². The van der Waals surface area contributed by atoms with Crippen LogP contribution in [0.3, 0.4) is 0 Å². The molecule has 0 spiro atoms. The van der Waals surface area contributed by atoms with Crippen molar-refractivity contribution in [3.8, 4) is 5.69 Å². The molecule has 18 heavy (non-hydrogen) atoms. The molecule has 6 heteroatoms. The average Bonchev–Trinajstić information content (AvgIpc) is 2.63. The monoisotopic (exact) mass is 327 g/mol. The third-order valence-corrected chi connectivity index (χ3v) is 5.29. The Bertz CT molecular complexity index is 589. The highest BCUT2D eigenvalue weighted by atomic mass is 79.9. The van der Waals surface area contributed by atoms with Gasteiger partial charge in [-0.25, -0.2) is 9.07 Å². The number of hydrogen-bond donors (Lipinski definition) is 0. The van der Waals surface area contributed by atoms with E-state index in [2.05, 4.69) is 45.9 Å². The highest BCUT2D eigenvalue weighted by Crippen LogP contribution is 2.22. The second-order valence-corrected chi connectivity index (χ2v) is 11.1. The first-order valence-corrected chi connectivity index (χ1v) is 9.98. The summed E-state index contributed by atoms with van der Waals surface area (Å²) in [6.45, 7) is 8.63. The Hall–Kier alpha value is -1.01. The van der Waals surface area contributed by atoms with Crippen LogP contribution in [-0.2, 0) is 0 Å². The molecule has 0 N–H and O–H groups in total. The maximum absolute atomic E-state index is 13.3. The first-order valence-electron chi connectivity index (χ1n) is 5.69. The fraction of sp³-hybridized carbons (Fsp3) is 0.333. The van der Waals surface area contributed by atoms with Crippen LogP contribution in [0.15, 0.2) is 22.7 Å². The van der Waals surface area contributed by atoms with Gasteiger partial charge in [-0.05, 0) is 35.0 Å². The Balaban J connectivity index is 2.59. The standard InChI is InChI=1S/C12H15BrFN3Si/c1-8-12(18(2,3)4)15-16-17(8)11-7-9(14)5-6-10(11)13/h5-7H,1-4H3. The molecule has 0 aliphatic heterocycles. The first-order chi connectivity index (χ1) is 8.30. The zero-order chi connectivity index (χ0) is 13.5. The summed E-state index contributed by atoms with van der Waals surface area (Å²) in [7, 11) is -1.52. The Morgan fingerprint density at radius 1 is 1.28 bits per heavy atom. The molecule has 0 saturated carbocycles. The molecule has 0 radical (unpaired) electrons. The largest absolute Gasteiger partial charge is 0.217 e. The van der Waals surface area contributed by atoms with Crippen LogP contribution in [0.1, 0.15) is 5.69 Å². The van der Waals surface area contributed by atoms with Crippen LogP contribution in [0, 0.1) is 12.7 Å². The molecule has 0 unspecified atom stereocenters. The van der Waals surface area contributed by atoms with Crippen LogP contribution in [0.5, 0.6) is 0 Å². The molecule has 0 saturated heterocycles. The molecular weight excluding hydrogens is 313 g/mol. The van der Waals surface area contributed by atoms with Gasteiger partial charge in [0.2, 0.25) is 0 Å². The summed E-state index contributed by atoms with van der Waals surface area (Å²) in [4.78, 5) is 0. The number of rotatable bonds is 2. The predicted molar refractivity (Wildman–Crippen MR) is 76.7 cm³/mol. The smallest absolute Gasteiger partial charge is 0.125 e. The summed E-state index contributed by atoms with van der Waals surface area (Å²) in [6.07, 6.45) is 0. The SMILES string of the molecule is Cc1c([Si](C)(C)C)nnn1-c1cc(F)ccc1Br. The van der Waals surface area contributed by atoms with E-state index < -0.39 is 8.07 Å². The van der Waals surface area contributed by atoms with Crippen LogP contribution in [0.2, 0.25) is 19.6 Å². The number of hydrogen-bond acceptors (Lipinski definition) is 2. The minimum absolute atomic E-state index is 0.280. The fourth-order valence-electron chi connectivity index (χ4n) is 1.90. The molecule has 0 amide bonds. The topological polar surface area (TPSA) is 30.7 Å². The van der Waals surface area contributed by atoms with E-state index >= 15 is 0 Å². The van der Waals surface area contributed by atoms with Gasteiger partial charge in [-0.2, -0.15) is 0 Å². The molecule has 2 rings (SSSR count). The Morgan fingerprint density at radius 2 is 1.94 bits per heavy atom. The van der Waals surface area contributed by atoms with Gasteiger partial charge in [0.05, 0.1) is 16.7 Å². The molecule has 2 aromatic rings. The quantitative estimate of drug-likeness (QED) is 0.794. The Kier molecular flexibility index (Phi) is 3.42. The van der Waals surface area contributed by atoms with Crippen molar-refractivity contribution in [2.45, 2.75) is 26.6 Å². The molecule has 0 fully saturated rings. The Morgan fingerprint density at radius 3 is 2.50 bits per heavy atom. The predicted octanol–water partition coefficient (Wildman–Crippen LogP) is 3.02. The minimum Gasteiger partial charge on any atom is -0.217 e. The van der Waals surface area contributed by atoms with E-state index in [1.807, 2.05) is 6.92 Å². The number of benzene rings is 1. The molecule has 1 heterocycles. The lowest BCUT2D eigenvalue weighted by Gasteiger charge is -2.13. The zero-order valence-corrected chi connectivity index (χ0v) is 13.4. The van der Waals surface area contributed by atoms with Crippen molar-refractivity contribution in [2.24, 2.45) is 0 Å². The van der Waals surface area contributed by atoms with Crippen LogP contribution >= 0.6 is 15.9 Å². The van der Waals surface area contributed by atoms with Gasteiger partial charge in [0.15, 0.2) is 0 Å². The van der Waals surface area contributed by atoms with Gasteiger partial charge in [0.1, 0.15) is 13.9 Å². The fourth-order valence-corrected chi connectivity index (χ4v) is 3.85. The highest BCUT2D eigenvalue weighted by molar-refractivity contribution is 9.10. The van der Waals surface area contributed by atoms with E-state index in [-0.39, 0.29) is 5.82 Å². The summed E-state index contributed by atoms with van der Waals surface area (Å²) in [6, 6.07) is 4.55. The number of halogens is 2. The van der Waals surface area contributed by atoms with Crippen molar-refractivity contribution in [3.63, 3.8) is 0 Å². The molecule has 0 aliphatic rings. The van der Waals surface area contributed by atoms with E-state index in [9.17, 15) is 4.39 Å². The second kappa shape index (κ2) is 4.58. The summed E-state index contributed by atoms with van der Waals surface area (Å²) < 4.78 is 15.8. The lowest BCUT2D eigenvalue weighted by atomic mass is 10.3. The van der Waals surface area contributed by atoms with Crippen molar-refractivity contribution in [1.29, 1.82) is 0 Å². The van der Waals surface area contributed by atoms with Gasteiger partial charge in [-0.15, -0.1) is 5.10 Å². The van der Waals surface area contributed by atoms with Gasteiger partial charge in [-0.1, -0.05) is 24.9 Å². The summed E-state index contributed by atoms with van der Waals surface area (Å²) >= 11 is 3.42. The molecule has 0 aliphatic carbocycles. The van der Waals surface area contributed by atoms with Gasteiger partial charge in [0.25, 0.3) is 0 Å².